The summed E-state index contributed by atoms with van der Waals surface area (Å²) in [6.07, 6.45) is 5.31. The SMILES string of the molecule is O=C(Nc1ccc(N2CCN(C(=O)C3CC3)CC2)cc1)c1cccnc1. The third-order valence-electron chi connectivity index (χ3n) is 4.93. The van der Waals surface area contributed by atoms with Crippen LogP contribution < -0.4 is 10.2 Å². The van der Waals surface area contributed by atoms with Crippen LogP contribution in [0.3, 0.4) is 0 Å². The molecule has 1 aliphatic carbocycles. The lowest BCUT2D eigenvalue weighted by molar-refractivity contribution is -0.132. The van der Waals surface area contributed by atoms with Gasteiger partial charge in [-0.1, -0.05) is 0 Å². The quantitative estimate of drug-likeness (QED) is 0.920. The zero-order chi connectivity index (χ0) is 17.9. The van der Waals surface area contributed by atoms with Gasteiger partial charge in [-0.25, -0.2) is 0 Å². The number of amides is 2. The minimum absolute atomic E-state index is 0.168. The highest BCUT2D eigenvalue weighted by molar-refractivity contribution is 6.04. The number of benzene rings is 1. The predicted molar refractivity (Wildman–Crippen MR) is 100 cm³/mol. The van der Waals surface area contributed by atoms with Crippen molar-refractivity contribution in [1.82, 2.24) is 9.88 Å². The van der Waals surface area contributed by atoms with Crippen molar-refractivity contribution in [1.29, 1.82) is 0 Å². The number of nitrogens with one attached hydrogen (secondary N) is 1. The van der Waals surface area contributed by atoms with Gasteiger partial charge in [0, 0.05) is 55.9 Å². The molecule has 26 heavy (non-hydrogen) atoms. The maximum atomic E-state index is 12.2. The average Bonchev–Trinajstić information content (AvgIpc) is 3.54. The molecule has 2 aromatic rings. The molecule has 0 bridgehead atoms. The molecule has 2 amide bonds. The van der Waals surface area contributed by atoms with Crippen LogP contribution in [0.2, 0.25) is 0 Å². The summed E-state index contributed by atoms with van der Waals surface area (Å²) in [6, 6.07) is 11.3. The van der Waals surface area contributed by atoms with E-state index < -0.39 is 0 Å². The molecule has 1 aliphatic heterocycles. The summed E-state index contributed by atoms with van der Waals surface area (Å²) in [4.78, 5) is 32.5. The van der Waals surface area contributed by atoms with E-state index in [0.717, 1.165) is 50.4 Å². The summed E-state index contributed by atoms with van der Waals surface area (Å²) >= 11 is 0. The van der Waals surface area contributed by atoms with Gasteiger partial charge in [-0.15, -0.1) is 0 Å². The van der Waals surface area contributed by atoms with Gasteiger partial charge in [-0.05, 0) is 49.2 Å². The highest BCUT2D eigenvalue weighted by Crippen LogP contribution is 2.31. The molecule has 0 radical (unpaired) electrons. The van der Waals surface area contributed by atoms with E-state index in [1.807, 2.05) is 29.2 Å². The van der Waals surface area contributed by atoms with E-state index in [1.165, 1.54) is 0 Å². The first-order valence-electron chi connectivity index (χ1n) is 9.06. The fourth-order valence-corrected chi connectivity index (χ4v) is 3.23. The molecule has 1 aromatic carbocycles. The van der Waals surface area contributed by atoms with Crippen LogP contribution in [0.5, 0.6) is 0 Å². The zero-order valence-corrected chi connectivity index (χ0v) is 14.6. The molecule has 134 valence electrons. The fraction of sp³-hybridized carbons (Fsp3) is 0.350. The number of rotatable bonds is 4. The van der Waals surface area contributed by atoms with E-state index >= 15 is 0 Å². The second-order valence-electron chi connectivity index (χ2n) is 6.83. The van der Waals surface area contributed by atoms with Crippen LogP contribution in [0.4, 0.5) is 11.4 Å². The topological polar surface area (TPSA) is 65.5 Å². The Morgan fingerprint density at radius 3 is 2.35 bits per heavy atom. The number of hydrogen-bond donors (Lipinski definition) is 1. The van der Waals surface area contributed by atoms with Crippen LogP contribution >= 0.6 is 0 Å². The molecule has 1 saturated carbocycles. The Kier molecular flexibility index (Phi) is 4.56. The van der Waals surface area contributed by atoms with Gasteiger partial charge >= 0.3 is 0 Å². The van der Waals surface area contributed by atoms with Crippen molar-refractivity contribution in [2.45, 2.75) is 12.8 Å². The molecular weight excluding hydrogens is 328 g/mol. The molecular formula is C20H22N4O2. The van der Waals surface area contributed by atoms with Crippen LogP contribution in [0.25, 0.3) is 0 Å². The lowest BCUT2D eigenvalue weighted by Gasteiger charge is -2.36. The highest BCUT2D eigenvalue weighted by Gasteiger charge is 2.34. The Hall–Kier alpha value is -2.89. The molecule has 0 unspecified atom stereocenters. The van der Waals surface area contributed by atoms with Gasteiger partial charge in [0.25, 0.3) is 5.91 Å². The molecule has 6 heteroatoms. The van der Waals surface area contributed by atoms with E-state index in [2.05, 4.69) is 15.2 Å². The molecule has 1 aromatic heterocycles. The third-order valence-corrected chi connectivity index (χ3v) is 4.93. The van der Waals surface area contributed by atoms with Crippen LogP contribution in [0.1, 0.15) is 23.2 Å². The molecule has 2 fully saturated rings. The minimum atomic E-state index is -0.168. The van der Waals surface area contributed by atoms with Crippen molar-refractivity contribution in [3.63, 3.8) is 0 Å². The molecule has 2 aliphatic rings. The van der Waals surface area contributed by atoms with Crippen LogP contribution in [-0.4, -0.2) is 47.9 Å². The summed E-state index contributed by atoms with van der Waals surface area (Å²) < 4.78 is 0. The Morgan fingerprint density at radius 1 is 1.00 bits per heavy atom. The Balaban J connectivity index is 1.33. The fourth-order valence-electron chi connectivity index (χ4n) is 3.23. The second kappa shape index (κ2) is 7.15. The Bertz CT molecular complexity index is 779. The van der Waals surface area contributed by atoms with Gasteiger partial charge in [-0.3, -0.25) is 14.6 Å². The number of hydrogen-bond acceptors (Lipinski definition) is 4. The zero-order valence-electron chi connectivity index (χ0n) is 14.6. The molecule has 4 rings (SSSR count). The molecule has 2 heterocycles. The molecule has 1 N–H and O–H groups in total. The van der Waals surface area contributed by atoms with Crippen molar-refractivity contribution in [2.24, 2.45) is 5.92 Å². The summed E-state index contributed by atoms with van der Waals surface area (Å²) in [5, 5.41) is 2.88. The summed E-state index contributed by atoms with van der Waals surface area (Å²) in [5.41, 5.74) is 2.40. The molecule has 6 nitrogen and oxygen atoms in total. The maximum absolute atomic E-state index is 12.2. The van der Waals surface area contributed by atoms with Crippen LogP contribution in [-0.2, 0) is 4.79 Å². The highest BCUT2D eigenvalue weighted by atomic mass is 16.2. The first-order chi connectivity index (χ1) is 12.7. The summed E-state index contributed by atoms with van der Waals surface area (Å²) in [6.45, 7) is 3.27. The second-order valence-corrected chi connectivity index (χ2v) is 6.83. The van der Waals surface area contributed by atoms with E-state index in [-0.39, 0.29) is 5.91 Å². The number of carbonyl (C=O) groups is 2. The van der Waals surface area contributed by atoms with E-state index in [0.29, 0.717) is 17.4 Å². The van der Waals surface area contributed by atoms with Gasteiger partial charge in [0.15, 0.2) is 0 Å². The standard InChI is InChI=1S/C20H22N4O2/c25-19(16-2-1-9-21-14-16)22-17-5-7-18(8-6-17)23-10-12-24(13-11-23)20(26)15-3-4-15/h1-2,5-9,14-15H,3-4,10-13H2,(H,22,25). The third kappa shape index (κ3) is 3.69. The van der Waals surface area contributed by atoms with Gasteiger partial charge in [0.05, 0.1) is 5.56 Å². The molecule has 0 atom stereocenters. The number of piperazine rings is 1. The number of pyridine rings is 1. The normalized spacial score (nSPS) is 17.1. The first-order valence-corrected chi connectivity index (χ1v) is 9.06. The number of anilines is 2. The van der Waals surface area contributed by atoms with Crippen molar-refractivity contribution in [3.8, 4) is 0 Å². The minimum Gasteiger partial charge on any atom is -0.368 e. The number of carbonyl (C=O) groups excluding carboxylic acids is 2. The predicted octanol–water partition coefficient (Wildman–Crippen LogP) is 2.39. The van der Waals surface area contributed by atoms with Gasteiger partial charge in [-0.2, -0.15) is 0 Å². The van der Waals surface area contributed by atoms with E-state index in [1.54, 1.807) is 24.5 Å². The lowest BCUT2D eigenvalue weighted by Crippen LogP contribution is -2.49. The van der Waals surface area contributed by atoms with Crippen molar-refractivity contribution in [2.75, 3.05) is 36.4 Å². The molecule has 1 saturated heterocycles. The van der Waals surface area contributed by atoms with Gasteiger partial charge < -0.3 is 15.1 Å². The van der Waals surface area contributed by atoms with Crippen LogP contribution in [0, 0.1) is 5.92 Å². The number of aromatic nitrogens is 1. The summed E-state index contributed by atoms with van der Waals surface area (Å²) in [7, 11) is 0. The van der Waals surface area contributed by atoms with Crippen molar-refractivity contribution in [3.05, 3.63) is 54.4 Å². The van der Waals surface area contributed by atoms with Gasteiger partial charge in [0.2, 0.25) is 5.91 Å². The first kappa shape index (κ1) is 16.6. The Labute approximate surface area is 152 Å². The van der Waals surface area contributed by atoms with Crippen molar-refractivity contribution >= 4 is 23.2 Å². The van der Waals surface area contributed by atoms with Crippen LogP contribution in [0.15, 0.2) is 48.8 Å². The van der Waals surface area contributed by atoms with E-state index in [4.69, 9.17) is 0 Å². The lowest BCUT2D eigenvalue weighted by atomic mass is 10.2. The largest absolute Gasteiger partial charge is 0.368 e. The Morgan fingerprint density at radius 2 is 1.73 bits per heavy atom. The summed E-state index contributed by atoms with van der Waals surface area (Å²) in [5.74, 6) is 0.459. The monoisotopic (exact) mass is 350 g/mol. The molecule has 0 spiro atoms. The van der Waals surface area contributed by atoms with E-state index in [9.17, 15) is 9.59 Å². The smallest absolute Gasteiger partial charge is 0.257 e. The average molecular weight is 350 g/mol. The van der Waals surface area contributed by atoms with Gasteiger partial charge in [0.1, 0.15) is 0 Å². The maximum Gasteiger partial charge on any atom is 0.257 e. The van der Waals surface area contributed by atoms with Crippen molar-refractivity contribution < 1.29 is 9.59 Å². The number of nitrogens with zero attached hydrogens (tertiary/aromatic N) is 3.